The summed E-state index contributed by atoms with van der Waals surface area (Å²) >= 11 is 5.93. The number of aromatic amines is 1. The number of benzene rings is 2. The van der Waals surface area contributed by atoms with E-state index in [0.717, 1.165) is 11.1 Å². The number of halogens is 1. The maximum atomic E-state index is 12.2. The van der Waals surface area contributed by atoms with Crippen LogP contribution in [0, 0.1) is 0 Å². The van der Waals surface area contributed by atoms with Crippen molar-refractivity contribution in [2.24, 2.45) is 0 Å². The largest absolute Gasteiger partial charge is 0.451 e. The molecule has 1 N–H and O–H groups in total. The van der Waals surface area contributed by atoms with Crippen molar-refractivity contribution in [2.45, 2.75) is 6.54 Å². The summed E-state index contributed by atoms with van der Waals surface area (Å²) in [6.45, 7) is 0.0271. The summed E-state index contributed by atoms with van der Waals surface area (Å²) in [6, 6.07) is 14.5. The number of carbonyl (C=O) groups is 2. The molecule has 0 aliphatic heterocycles. The van der Waals surface area contributed by atoms with Crippen LogP contribution in [0.5, 0.6) is 0 Å². The highest BCUT2D eigenvalue weighted by atomic mass is 35.5. The quantitative estimate of drug-likeness (QED) is 0.712. The van der Waals surface area contributed by atoms with Gasteiger partial charge in [-0.2, -0.15) is 5.10 Å². The first-order chi connectivity index (χ1) is 12.0. The third-order valence-electron chi connectivity index (χ3n) is 3.72. The zero-order chi connectivity index (χ0) is 17.8. The second-order valence-electron chi connectivity index (χ2n) is 5.57. The Morgan fingerprint density at radius 1 is 1.20 bits per heavy atom. The molecule has 0 saturated carbocycles. The minimum absolute atomic E-state index is 0.167. The Morgan fingerprint density at radius 2 is 2.00 bits per heavy atom. The van der Waals surface area contributed by atoms with Gasteiger partial charge in [-0.1, -0.05) is 41.9 Å². The molecule has 7 heteroatoms. The summed E-state index contributed by atoms with van der Waals surface area (Å²) in [5.74, 6) is -0.949. The van der Waals surface area contributed by atoms with Gasteiger partial charge >= 0.3 is 5.97 Å². The van der Waals surface area contributed by atoms with E-state index in [1.807, 2.05) is 24.3 Å². The van der Waals surface area contributed by atoms with E-state index in [9.17, 15) is 9.59 Å². The van der Waals surface area contributed by atoms with Gasteiger partial charge in [0.1, 0.15) is 0 Å². The minimum atomic E-state index is -0.637. The van der Waals surface area contributed by atoms with Crippen LogP contribution in [0.3, 0.4) is 0 Å². The van der Waals surface area contributed by atoms with Crippen molar-refractivity contribution in [1.82, 2.24) is 15.1 Å². The Hall–Kier alpha value is -2.86. The van der Waals surface area contributed by atoms with Crippen LogP contribution in [0.2, 0.25) is 5.02 Å². The molecule has 0 aliphatic rings. The Morgan fingerprint density at radius 3 is 2.80 bits per heavy atom. The molecule has 0 spiro atoms. The summed E-state index contributed by atoms with van der Waals surface area (Å²) in [7, 11) is 1.64. The van der Waals surface area contributed by atoms with Crippen molar-refractivity contribution in [3.8, 4) is 0 Å². The molecule has 0 radical (unpaired) electrons. The molecular weight excluding hydrogens is 342 g/mol. The molecular formula is C18H16ClN3O3. The molecule has 3 aromatic rings. The van der Waals surface area contributed by atoms with E-state index in [1.165, 1.54) is 4.90 Å². The predicted molar refractivity (Wildman–Crippen MR) is 94.3 cm³/mol. The van der Waals surface area contributed by atoms with Crippen LogP contribution in [0.4, 0.5) is 0 Å². The van der Waals surface area contributed by atoms with Gasteiger partial charge in [0.05, 0.1) is 5.52 Å². The van der Waals surface area contributed by atoms with E-state index in [0.29, 0.717) is 17.0 Å². The number of ether oxygens (including phenoxy) is 1. The average molecular weight is 358 g/mol. The third-order valence-corrected chi connectivity index (χ3v) is 3.96. The smallest absolute Gasteiger partial charge is 0.359 e. The lowest BCUT2D eigenvalue weighted by Crippen LogP contribution is -2.30. The number of hydrogen-bond donors (Lipinski definition) is 1. The van der Waals surface area contributed by atoms with Crippen LogP contribution < -0.4 is 0 Å². The number of nitrogens with zero attached hydrogens (tertiary/aromatic N) is 2. The Balaban J connectivity index is 1.59. The standard InChI is InChI=1S/C18H16ClN3O3/c1-22(10-12-5-4-6-13(19)9-12)16(23)11-25-18(24)17-14-7-2-3-8-15(14)20-21-17/h2-9H,10-11H2,1H3,(H,20,21). The average Bonchev–Trinajstić information content (AvgIpc) is 3.03. The highest BCUT2D eigenvalue weighted by molar-refractivity contribution is 6.30. The summed E-state index contributed by atoms with van der Waals surface area (Å²) in [4.78, 5) is 25.8. The van der Waals surface area contributed by atoms with Crippen LogP contribution in [-0.2, 0) is 16.1 Å². The van der Waals surface area contributed by atoms with Crippen LogP contribution in [0.25, 0.3) is 10.9 Å². The van der Waals surface area contributed by atoms with Gasteiger partial charge in [0.15, 0.2) is 12.3 Å². The van der Waals surface area contributed by atoms with Gasteiger partial charge < -0.3 is 9.64 Å². The van der Waals surface area contributed by atoms with Crippen LogP contribution in [0.15, 0.2) is 48.5 Å². The molecule has 0 saturated heterocycles. The van der Waals surface area contributed by atoms with Crippen molar-refractivity contribution in [2.75, 3.05) is 13.7 Å². The SMILES string of the molecule is CN(Cc1cccc(Cl)c1)C(=O)COC(=O)c1n[nH]c2ccccc12. The first-order valence-electron chi connectivity index (χ1n) is 7.63. The Kier molecular flexibility index (Phi) is 5.00. The maximum Gasteiger partial charge on any atom is 0.359 e. The van der Waals surface area contributed by atoms with Crippen molar-refractivity contribution >= 4 is 34.4 Å². The number of carbonyl (C=O) groups excluding carboxylic acids is 2. The molecule has 1 amide bonds. The van der Waals surface area contributed by atoms with E-state index >= 15 is 0 Å². The molecule has 1 aromatic heterocycles. The number of para-hydroxylation sites is 1. The zero-order valence-electron chi connectivity index (χ0n) is 13.5. The van der Waals surface area contributed by atoms with Crippen LogP contribution >= 0.6 is 11.6 Å². The minimum Gasteiger partial charge on any atom is -0.451 e. The number of nitrogens with one attached hydrogen (secondary N) is 1. The van der Waals surface area contributed by atoms with Gasteiger partial charge in [-0.3, -0.25) is 9.89 Å². The summed E-state index contributed by atoms with van der Waals surface area (Å²) in [5.41, 5.74) is 1.80. The number of rotatable bonds is 5. The van der Waals surface area contributed by atoms with Crippen molar-refractivity contribution < 1.29 is 14.3 Å². The Labute approximate surface area is 149 Å². The zero-order valence-corrected chi connectivity index (χ0v) is 14.3. The monoisotopic (exact) mass is 357 g/mol. The molecule has 0 fully saturated rings. The molecule has 0 unspecified atom stereocenters. The normalized spacial score (nSPS) is 10.6. The summed E-state index contributed by atoms with van der Waals surface area (Å²) in [5, 5.41) is 7.98. The molecule has 3 rings (SSSR count). The lowest BCUT2D eigenvalue weighted by molar-refractivity contribution is -0.133. The van der Waals surface area contributed by atoms with Crippen molar-refractivity contribution in [3.63, 3.8) is 0 Å². The van der Waals surface area contributed by atoms with Gasteiger partial charge in [-0.15, -0.1) is 0 Å². The molecule has 0 atom stereocenters. The second-order valence-corrected chi connectivity index (χ2v) is 6.01. The van der Waals surface area contributed by atoms with E-state index in [2.05, 4.69) is 10.2 Å². The second kappa shape index (κ2) is 7.36. The molecule has 128 valence electrons. The molecule has 2 aromatic carbocycles. The van der Waals surface area contributed by atoms with Crippen molar-refractivity contribution in [3.05, 3.63) is 64.8 Å². The van der Waals surface area contributed by atoms with E-state index in [4.69, 9.17) is 16.3 Å². The first kappa shape index (κ1) is 17.0. The fraction of sp³-hybridized carbons (Fsp3) is 0.167. The van der Waals surface area contributed by atoms with E-state index in [1.54, 1.807) is 31.3 Å². The topological polar surface area (TPSA) is 75.3 Å². The predicted octanol–water partition coefficient (Wildman–Crippen LogP) is 3.03. The molecule has 6 nitrogen and oxygen atoms in total. The number of hydrogen-bond acceptors (Lipinski definition) is 4. The summed E-state index contributed by atoms with van der Waals surface area (Å²) < 4.78 is 5.10. The van der Waals surface area contributed by atoms with Gasteiger partial charge in [-0.25, -0.2) is 4.79 Å². The highest BCUT2D eigenvalue weighted by Crippen LogP contribution is 2.16. The lowest BCUT2D eigenvalue weighted by Gasteiger charge is -2.17. The number of likely N-dealkylation sites (N-methyl/N-ethyl adjacent to an activating group) is 1. The van der Waals surface area contributed by atoms with E-state index < -0.39 is 5.97 Å². The Bertz CT molecular complexity index is 923. The number of H-pyrrole nitrogens is 1. The van der Waals surface area contributed by atoms with Crippen molar-refractivity contribution in [1.29, 1.82) is 0 Å². The number of aromatic nitrogens is 2. The third kappa shape index (κ3) is 3.97. The van der Waals surface area contributed by atoms with Crippen LogP contribution in [0.1, 0.15) is 16.1 Å². The molecule has 1 heterocycles. The van der Waals surface area contributed by atoms with Gasteiger partial charge in [-0.05, 0) is 23.8 Å². The highest BCUT2D eigenvalue weighted by Gasteiger charge is 2.18. The van der Waals surface area contributed by atoms with E-state index in [-0.39, 0.29) is 18.2 Å². The molecule has 0 aliphatic carbocycles. The van der Waals surface area contributed by atoms with Gasteiger partial charge in [0.2, 0.25) is 0 Å². The first-order valence-corrected chi connectivity index (χ1v) is 8.01. The fourth-order valence-electron chi connectivity index (χ4n) is 2.42. The fourth-order valence-corrected chi connectivity index (χ4v) is 2.64. The number of esters is 1. The number of fused-ring (bicyclic) bond motifs is 1. The molecule has 25 heavy (non-hydrogen) atoms. The maximum absolute atomic E-state index is 12.2. The van der Waals surface area contributed by atoms with Crippen LogP contribution in [-0.4, -0.2) is 40.6 Å². The number of amides is 1. The lowest BCUT2D eigenvalue weighted by atomic mass is 10.2. The van der Waals surface area contributed by atoms with Gasteiger partial charge in [0.25, 0.3) is 5.91 Å². The molecule has 0 bridgehead atoms. The summed E-state index contributed by atoms with van der Waals surface area (Å²) in [6.07, 6.45) is 0. The van der Waals surface area contributed by atoms with Gasteiger partial charge in [0, 0.05) is 24.0 Å².